The van der Waals surface area contributed by atoms with Crippen LogP contribution in [0.2, 0.25) is 0 Å². The Bertz CT molecular complexity index is 442. The molecule has 2 unspecified atom stereocenters. The Morgan fingerprint density at radius 3 is 3.06 bits per heavy atom. The molecule has 0 bridgehead atoms. The zero-order valence-electron chi connectivity index (χ0n) is 10.8. The first-order valence-electron chi connectivity index (χ1n) is 6.42. The quantitative estimate of drug-likeness (QED) is 0.746. The van der Waals surface area contributed by atoms with Gasteiger partial charge in [-0.3, -0.25) is 4.79 Å². The molecule has 0 fully saturated rings. The zero-order valence-corrected chi connectivity index (χ0v) is 10.8. The minimum Gasteiger partial charge on any atom is -0.351 e. The molecule has 0 radical (unpaired) electrons. The van der Waals surface area contributed by atoms with Gasteiger partial charge in [0.2, 0.25) is 5.91 Å². The van der Waals surface area contributed by atoms with E-state index in [1.165, 1.54) is 11.1 Å². The molecule has 1 aliphatic rings. The maximum absolute atomic E-state index is 11.6. The number of hydrogen-bond acceptors (Lipinski definition) is 2. The molecule has 3 heteroatoms. The van der Waals surface area contributed by atoms with Gasteiger partial charge >= 0.3 is 0 Å². The lowest BCUT2D eigenvalue weighted by Crippen LogP contribution is -2.44. The molecule has 0 aromatic heterocycles. The van der Waals surface area contributed by atoms with E-state index in [0.717, 1.165) is 13.0 Å². The van der Waals surface area contributed by atoms with E-state index in [-0.39, 0.29) is 11.9 Å². The molecule has 1 aliphatic carbocycles. The Morgan fingerprint density at radius 1 is 1.56 bits per heavy atom. The fourth-order valence-electron chi connectivity index (χ4n) is 2.28. The summed E-state index contributed by atoms with van der Waals surface area (Å²) in [4.78, 5) is 11.6. The summed E-state index contributed by atoms with van der Waals surface area (Å²) in [6.45, 7) is 6.86. The van der Waals surface area contributed by atoms with Crippen molar-refractivity contribution in [2.45, 2.75) is 25.3 Å². The largest absolute Gasteiger partial charge is 0.351 e. The van der Waals surface area contributed by atoms with Crippen molar-refractivity contribution in [1.29, 1.82) is 0 Å². The van der Waals surface area contributed by atoms with Gasteiger partial charge in [0.05, 0.1) is 6.04 Å². The van der Waals surface area contributed by atoms with Gasteiger partial charge in [0.15, 0.2) is 0 Å². The second-order valence-corrected chi connectivity index (χ2v) is 4.76. The van der Waals surface area contributed by atoms with Gasteiger partial charge in [-0.15, -0.1) is 6.58 Å². The maximum atomic E-state index is 11.6. The lowest BCUT2D eigenvalue weighted by atomic mass is 9.77. The Balaban J connectivity index is 1.76. The van der Waals surface area contributed by atoms with E-state index in [2.05, 4.69) is 41.5 Å². The molecule has 0 saturated heterocycles. The summed E-state index contributed by atoms with van der Waals surface area (Å²) in [5, 5.41) is 6.08. The van der Waals surface area contributed by atoms with Crippen molar-refractivity contribution in [3.8, 4) is 0 Å². The van der Waals surface area contributed by atoms with E-state index in [9.17, 15) is 4.79 Å². The monoisotopic (exact) mass is 244 g/mol. The average molecular weight is 244 g/mol. The Morgan fingerprint density at radius 2 is 2.33 bits per heavy atom. The number of benzene rings is 1. The van der Waals surface area contributed by atoms with Gasteiger partial charge < -0.3 is 10.6 Å². The van der Waals surface area contributed by atoms with Crippen LogP contribution in [0.4, 0.5) is 0 Å². The van der Waals surface area contributed by atoms with Gasteiger partial charge in [0.1, 0.15) is 0 Å². The van der Waals surface area contributed by atoms with Crippen LogP contribution < -0.4 is 10.6 Å². The average Bonchev–Trinajstić information content (AvgIpc) is 2.36. The van der Waals surface area contributed by atoms with Gasteiger partial charge in [-0.2, -0.15) is 0 Å². The molecule has 2 rings (SSSR count). The van der Waals surface area contributed by atoms with Crippen molar-refractivity contribution in [3.63, 3.8) is 0 Å². The fraction of sp³-hybridized carbons (Fsp3) is 0.400. The third-order valence-electron chi connectivity index (χ3n) is 3.45. The highest BCUT2D eigenvalue weighted by Crippen LogP contribution is 2.33. The highest BCUT2D eigenvalue weighted by Gasteiger charge is 2.25. The molecule has 0 aliphatic heterocycles. The highest BCUT2D eigenvalue weighted by molar-refractivity contribution is 5.81. The summed E-state index contributed by atoms with van der Waals surface area (Å²) in [5.74, 6) is 0.582. The Kier molecular flexibility index (Phi) is 4.15. The second-order valence-electron chi connectivity index (χ2n) is 4.76. The lowest BCUT2D eigenvalue weighted by Gasteiger charge is -2.31. The Labute approximate surface area is 108 Å². The number of fused-ring (bicyclic) bond motifs is 1. The van der Waals surface area contributed by atoms with Crippen molar-refractivity contribution < 1.29 is 4.79 Å². The minimum atomic E-state index is -0.155. The van der Waals surface area contributed by atoms with Crippen molar-refractivity contribution in [1.82, 2.24) is 10.6 Å². The number of carbonyl (C=O) groups excluding carboxylic acids is 1. The number of carbonyl (C=O) groups is 1. The summed E-state index contributed by atoms with van der Waals surface area (Å²) < 4.78 is 0. The van der Waals surface area contributed by atoms with E-state index in [1.54, 1.807) is 6.08 Å². The smallest absolute Gasteiger partial charge is 0.237 e. The van der Waals surface area contributed by atoms with Crippen LogP contribution in [0.25, 0.3) is 0 Å². The SMILES string of the molecule is C=CCNC(=O)C(C)NCC1Cc2ccccc21. The molecule has 0 spiro atoms. The number of nitrogens with one attached hydrogen (secondary N) is 2. The number of hydrogen-bond donors (Lipinski definition) is 2. The standard InChI is InChI=1S/C15H20N2O/c1-3-8-16-15(18)11(2)17-10-13-9-12-6-4-5-7-14(12)13/h3-7,11,13,17H,1,8-10H2,2H3,(H,16,18). The first-order chi connectivity index (χ1) is 8.72. The topological polar surface area (TPSA) is 41.1 Å². The Hall–Kier alpha value is -1.61. The number of rotatable bonds is 6. The zero-order chi connectivity index (χ0) is 13.0. The van der Waals surface area contributed by atoms with Crippen LogP contribution in [0.5, 0.6) is 0 Å². The molecule has 0 heterocycles. The second kappa shape index (κ2) is 5.83. The van der Waals surface area contributed by atoms with Crippen LogP contribution in [0.15, 0.2) is 36.9 Å². The lowest BCUT2D eigenvalue weighted by molar-refractivity contribution is -0.122. The van der Waals surface area contributed by atoms with E-state index in [0.29, 0.717) is 12.5 Å². The third-order valence-corrected chi connectivity index (χ3v) is 3.45. The molecule has 1 aromatic carbocycles. The summed E-state index contributed by atoms with van der Waals surface area (Å²) in [7, 11) is 0. The van der Waals surface area contributed by atoms with Crippen LogP contribution >= 0.6 is 0 Å². The number of amides is 1. The molecule has 18 heavy (non-hydrogen) atoms. The molecule has 1 amide bonds. The summed E-state index contributed by atoms with van der Waals surface area (Å²) >= 11 is 0. The van der Waals surface area contributed by atoms with Gasteiger partial charge in [-0.25, -0.2) is 0 Å². The maximum Gasteiger partial charge on any atom is 0.237 e. The molecular formula is C15H20N2O. The van der Waals surface area contributed by atoms with Crippen LogP contribution in [0.3, 0.4) is 0 Å². The normalized spacial score (nSPS) is 18.4. The van der Waals surface area contributed by atoms with E-state index in [1.807, 2.05) is 6.92 Å². The molecule has 2 N–H and O–H groups in total. The van der Waals surface area contributed by atoms with E-state index >= 15 is 0 Å². The van der Waals surface area contributed by atoms with Gasteiger partial charge in [0.25, 0.3) is 0 Å². The third kappa shape index (κ3) is 2.79. The predicted octanol–water partition coefficient (Wildman–Crippen LogP) is 1.61. The summed E-state index contributed by atoms with van der Waals surface area (Å²) in [5.41, 5.74) is 2.86. The van der Waals surface area contributed by atoms with Crippen molar-refractivity contribution >= 4 is 5.91 Å². The predicted molar refractivity (Wildman–Crippen MR) is 73.6 cm³/mol. The molecule has 0 saturated carbocycles. The molecule has 96 valence electrons. The first-order valence-corrected chi connectivity index (χ1v) is 6.42. The van der Waals surface area contributed by atoms with Crippen LogP contribution in [-0.4, -0.2) is 25.0 Å². The van der Waals surface area contributed by atoms with Crippen molar-refractivity contribution in [2.75, 3.05) is 13.1 Å². The van der Waals surface area contributed by atoms with Crippen LogP contribution in [0.1, 0.15) is 24.0 Å². The van der Waals surface area contributed by atoms with E-state index < -0.39 is 0 Å². The molecule has 3 nitrogen and oxygen atoms in total. The van der Waals surface area contributed by atoms with Crippen LogP contribution in [0, 0.1) is 0 Å². The molecule has 1 aromatic rings. The first kappa shape index (κ1) is 12.8. The summed E-state index contributed by atoms with van der Waals surface area (Å²) in [6.07, 6.45) is 2.80. The molecule has 2 atom stereocenters. The van der Waals surface area contributed by atoms with Gasteiger partial charge in [0, 0.05) is 19.0 Å². The van der Waals surface area contributed by atoms with E-state index in [4.69, 9.17) is 0 Å². The van der Waals surface area contributed by atoms with Crippen LogP contribution in [-0.2, 0) is 11.2 Å². The van der Waals surface area contributed by atoms with Gasteiger partial charge in [-0.1, -0.05) is 30.3 Å². The summed E-state index contributed by atoms with van der Waals surface area (Å²) in [6, 6.07) is 8.34. The minimum absolute atomic E-state index is 0.0301. The fourth-order valence-corrected chi connectivity index (χ4v) is 2.28. The highest BCUT2D eigenvalue weighted by atomic mass is 16.2. The molecular weight excluding hydrogens is 224 g/mol. The van der Waals surface area contributed by atoms with Crippen molar-refractivity contribution in [3.05, 3.63) is 48.0 Å². The van der Waals surface area contributed by atoms with Gasteiger partial charge in [-0.05, 0) is 24.5 Å². The van der Waals surface area contributed by atoms with Crippen molar-refractivity contribution in [2.24, 2.45) is 0 Å².